The van der Waals surface area contributed by atoms with E-state index in [1.54, 1.807) is 42.5 Å². The smallest absolute Gasteiger partial charge is 0.259 e. The SMILES string of the molecule is CC(C)=O.CCc1ccc(Cl)c(C(=O)Nc2ccc(OC)c(C(=O)Nc3ccc(Br)cc3)c2)c1. The molecule has 3 aromatic carbocycles. The van der Waals surface area contributed by atoms with Crippen molar-refractivity contribution in [2.75, 3.05) is 17.7 Å². The lowest BCUT2D eigenvalue weighted by Crippen LogP contribution is -2.16. The van der Waals surface area contributed by atoms with Crippen molar-refractivity contribution in [2.45, 2.75) is 27.2 Å². The Morgan fingerprint density at radius 3 is 2.00 bits per heavy atom. The molecule has 0 aliphatic heterocycles. The molecule has 0 radical (unpaired) electrons. The summed E-state index contributed by atoms with van der Waals surface area (Å²) >= 11 is 9.56. The van der Waals surface area contributed by atoms with Crippen molar-refractivity contribution in [3.05, 3.63) is 86.8 Å². The molecule has 0 atom stereocenters. The van der Waals surface area contributed by atoms with Gasteiger partial charge in [-0.1, -0.05) is 40.5 Å². The van der Waals surface area contributed by atoms with Crippen LogP contribution in [0.15, 0.2) is 65.1 Å². The van der Waals surface area contributed by atoms with Crippen LogP contribution in [0.4, 0.5) is 11.4 Å². The van der Waals surface area contributed by atoms with Crippen molar-refractivity contribution in [1.29, 1.82) is 0 Å². The molecule has 178 valence electrons. The number of carbonyl (C=O) groups is 3. The zero-order valence-corrected chi connectivity index (χ0v) is 21.7. The summed E-state index contributed by atoms with van der Waals surface area (Å²) in [5.41, 5.74) is 2.79. The van der Waals surface area contributed by atoms with E-state index in [4.69, 9.17) is 16.3 Å². The summed E-state index contributed by atoms with van der Waals surface area (Å²) < 4.78 is 6.23. The van der Waals surface area contributed by atoms with Gasteiger partial charge in [0, 0.05) is 15.8 Å². The first kappa shape index (κ1) is 27.1. The molecule has 0 saturated heterocycles. The van der Waals surface area contributed by atoms with Crippen LogP contribution < -0.4 is 15.4 Å². The lowest BCUT2D eigenvalue weighted by molar-refractivity contribution is -0.115. The van der Waals surface area contributed by atoms with Gasteiger partial charge < -0.3 is 20.2 Å². The number of rotatable bonds is 6. The predicted octanol–water partition coefficient (Wildman–Crippen LogP) is 6.77. The van der Waals surface area contributed by atoms with Gasteiger partial charge in [0.2, 0.25) is 0 Å². The number of hydrogen-bond donors (Lipinski definition) is 2. The summed E-state index contributed by atoms with van der Waals surface area (Å²) in [5, 5.41) is 5.99. The summed E-state index contributed by atoms with van der Waals surface area (Å²) in [6, 6.07) is 17.5. The van der Waals surface area contributed by atoms with Gasteiger partial charge in [-0.15, -0.1) is 0 Å². The summed E-state index contributed by atoms with van der Waals surface area (Å²) in [5.74, 6) is -0.135. The Bertz CT molecular complexity index is 1180. The fraction of sp³-hybridized carbons (Fsp3) is 0.192. The van der Waals surface area contributed by atoms with Crippen LogP contribution in [0, 0.1) is 0 Å². The largest absolute Gasteiger partial charge is 0.496 e. The van der Waals surface area contributed by atoms with Crippen LogP contribution >= 0.6 is 27.5 Å². The number of halogens is 2. The van der Waals surface area contributed by atoms with Crippen LogP contribution in [0.1, 0.15) is 47.1 Å². The first-order valence-corrected chi connectivity index (χ1v) is 11.6. The van der Waals surface area contributed by atoms with Gasteiger partial charge in [0.15, 0.2) is 0 Å². The quantitative estimate of drug-likeness (QED) is 0.358. The molecule has 0 heterocycles. The zero-order valence-electron chi connectivity index (χ0n) is 19.4. The molecule has 34 heavy (non-hydrogen) atoms. The number of ether oxygens (including phenoxy) is 1. The summed E-state index contributed by atoms with van der Waals surface area (Å²) in [6.07, 6.45) is 0.792. The Labute approximate surface area is 212 Å². The molecule has 0 bridgehead atoms. The van der Waals surface area contributed by atoms with E-state index in [1.807, 2.05) is 25.1 Å². The molecule has 0 aliphatic rings. The Morgan fingerprint density at radius 1 is 0.853 bits per heavy atom. The number of amides is 2. The van der Waals surface area contributed by atoms with Gasteiger partial charge in [0.1, 0.15) is 11.5 Å². The molecule has 8 heteroatoms. The van der Waals surface area contributed by atoms with Crippen molar-refractivity contribution in [3.8, 4) is 5.75 Å². The van der Waals surface area contributed by atoms with E-state index < -0.39 is 0 Å². The third kappa shape index (κ3) is 8.01. The van der Waals surface area contributed by atoms with Crippen LogP contribution in [-0.4, -0.2) is 24.7 Å². The molecule has 0 unspecified atom stereocenters. The minimum absolute atomic E-state index is 0.167. The van der Waals surface area contributed by atoms with Crippen molar-refractivity contribution in [3.63, 3.8) is 0 Å². The van der Waals surface area contributed by atoms with E-state index in [9.17, 15) is 14.4 Å². The highest BCUT2D eigenvalue weighted by atomic mass is 79.9. The number of aryl methyl sites for hydroxylation is 1. The lowest BCUT2D eigenvalue weighted by atomic mass is 10.1. The molecule has 0 spiro atoms. The molecular formula is C26H26BrClN2O4. The molecule has 2 amide bonds. The Hall–Kier alpha value is -3.16. The number of Topliss-reactive ketones (excluding diaryl/α,β-unsaturated/α-hetero) is 1. The van der Waals surface area contributed by atoms with Gasteiger partial charge in [-0.2, -0.15) is 0 Å². The first-order chi connectivity index (χ1) is 16.1. The molecule has 0 aromatic heterocycles. The monoisotopic (exact) mass is 544 g/mol. The van der Waals surface area contributed by atoms with E-state index in [0.717, 1.165) is 16.5 Å². The summed E-state index contributed by atoms with van der Waals surface area (Å²) in [7, 11) is 1.49. The first-order valence-electron chi connectivity index (χ1n) is 10.5. The maximum absolute atomic E-state index is 12.8. The van der Waals surface area contributed by atoms with Crippen molar-refractivity contribution >= 4 is 56.5 Å². The van der Waals surface area contributed by atoms with E-state index in [-0.39, 0.29) is 17.6 Å². The second-order valence-electron chi connectivity index (χ2n) is 7.41. The van der Waals surface area contributed by atoms with Gasteiger partial charge in [-0.25, -0.2) is 0 Å². The Kier molecular flexibility index (Phi) is 10.3. The van der Waals surface area contributed by atoms with Crippen LogP contribution in [-0.2, 0) is 11.2 Å². The Balaban J connectivity index is 0.000000945. The van der Waals surface area contributed by atoms with E-state index in [0.29, 0.717) is 33.3 Å². The van der Waals surface area contributed by atoms with Crippen molar-refractivity contribution in [1.82, 2.24) is 0 Å². The number of carbonyl (C=O) groups excluding carboxylic acids is 3. The standard InChI is InChI=1S/C23H20BrClN2O3.C3H6O/c1-3-14-4-10-20(25)18(12-14)22(28)27-17-9-11-21(30-2)19(13-17)23(29)26-16-7-5-15(24)6-8-16;1-3(2)4/h4-13H,3H2,1-2H3,(H,26,29)(H,27,28);1-2H3. The van der Waals surface area contributed by atoms with Crippen LogP contribution in [0.2, 0.25) is 5.02 Å². The number of ketones is 1. The lowest BCUT2D eigenvalue weighted by Gasteiger charge is -2.13. The van der Waals surface area contributed by atoms with Crippen LogP contribution in [0.3, 0.4) is 0 Å². The summed E-state index contributed by atoms with van der Waals surface area (Å²) in [4.78, 5) is 35.0. The predicted molar refractivity (Wildman–Crippen MR) is 140 cm³/mol. The molecule has 6 nitrogen and oxygen atoms in total. The highest BCUT2D eigenvalue weighted by molar-refractivity contribution is 9.10. The average molecular weight is 546 g/mol. The van der Waals surface area contributed by atoms with Gasteiger partial charge in [-0.3, -0.25) is 9.59 Å². The maximum atomic E-state index is 12.8. The van der Waals surface area contributed by atoms with E-state index in [1.165, 1.54) is 21.0 Å². The number of nitrogens with one attached hydrogen (secondary N) is 2. The van der Waals surface area contributed by atoms with Crippen LogP contribution in [0.25, 0.3) is 0 Å². The molecule has 3 aromatic rings. The third-order valence-corrected chi connectivity index (χ3v) is 5.35. The fourth-order valence-electron chi connectivity index (χ4n) is 2.86. The highest BCUT2D eigenvalue weighted by Crippen LogP contribution is 2.26. The minimum atomic E-state index is -0.351. The third-order valence-electron chi connectivity index (χ3n) is 4.49. The Morgan fingerprint density at radius 2 is 1.41 bits per heavy atom. The molecule has 2 N–H and O–H groups in total. The van der Waals surface area contributed by atoms with Gasteiger partial charge in [0.25, 0.3) is 11.8 Å². The normalized spacial score (nSPS) is 9.94. The zero-order chi connectivity index (χ0) is 25.3. The van der Waals surface area contributed by atoms with E-state index in [2.05, 4.69) is 26.6 Å². The van der Waals surface area contributed by atoms with E-state index >= 15 is 0 Å². The van der Waals surface area contributed by atoms with Crippen molar-refractivity contribution in [2.24, 2.45) is 0 Å². The number of anilines is 2. The van der Waals surface area contributed by atoms with Crippen molar-refractivity contribution < 1.29 is 19.1 Å². The fourth-order valence-corrected chi connectivity index (χ4v) is 3.33. The van der Waals surface area contributed by atoms with Gasteiger partial charge in [-0.05, 0) is 80.4 Å². The summed E-state index contributed by atoms with van der Waals surface area (Å²) in [6.45, 7) is 5.06. The highest BCUT2D eigenvalue weighted by Gasteiger charge is 2.16. The number of hydrogen-bond acceptors (Lipinski definition) is 4. The average Bonchev–Trinajstić information content (AvgIpc) is 2.80. The minimum Gasteiger partial charge on any atom is -0.496 e. The number of benzene rings is 3. The molecule has 0 fully saturated rings. The molecule has 3 rings (SSSR count). The topological polar surface area (TPSA) is 84.5 Å². The van der Waals surface area contributed by atoms with Gasteiger partial charge >= 0.3 is 0 Å². The van der Waals surface area contributed by atoms with Crippen LogP contribution in [0.5, 0.6) is 5.75 Å². The molecule has 0 aliphatic carbocycles. The second kappa shape index (κ2) is 12.9. The maximum Gasteiger partial charge on any atom is 0.259 e. The van der Waals surface area contributed by atoms with Gasteiger partial charge in [0.05, 0.1) is 23.3 Å². The molecule has 0 saturated carbocycles. The number of methoxy groups -OCH3 is 1. The molecular weight excluding hydrogens is 520 g/mol. The second-order valence-corrected chi connectivity index (χ2v) is 8.73.